The largest absolute Gasteiger partial charge is 0.508 e. The van der Waals surface area contributed by atoms with Gasteiger partial charge in [0.05, 0.1) is 18.2 Å². The highest BCUT2D eigenvalue weighted by Gasteiger charge is 2.17. The van der Waals surface area contributed by atoms with Crippen LogP contribution in [0, 0.1) is 5.92 Å². The van der Waals surface area contributed by atoms with Crippen molar-refractivity contribution < 1.29 is 24.9 Å². The Kier molecular flexibility index (Phi) is 6.07. The number of ether oxygens (including phenoxy) is 1. The quantitative estimate of drug-likeness (QED) is 0.394. The van der Waals surface area contributed by atoms with Gasteiger partial charge in [-0.3, -0.25) is 4.79 Å². The SMILES string of the molecule is C=C(C)C=Cc1c(OC)ccc(C(=O)C=CC2C=CC(O)=C(O)C2)c1O. The number of hydrogen-bond acceptors (Lipinski definition) is 5. The predicted molar refractivity (Wildman–Crippen MR) is 102 cm³/mol. The number of phenolic OH excluding ortho intramolecular Hbond substituents is 1. The summed E-state index contributed by atoms with van der Waals surface area (Å²) in [7, 11) is 1.49. The standard InChI is InChI=1S/C21H22O5/c1-13(2)4-7-16-20(26-3)11-8-15(21(16)25)17(22)9-5-14-6-10-18(23)19(24)12-14/h4-11,14,23-25H,1,12H2,2-3H3. The van der Waals surface area contributed by atoms with Crippen LogP contribution in [0.15, 0.2) is 66.2 Å². The summed E-state index contributed by atoms with van der Waals surface area (Å²) in [6, 6.07) is 3.12. The van der Waals surface area contributed by atoms with Crippen molar-refractivity contribution in [1.82, 2.24) is 0 Å². The van der Waals surface area contributed by atoms with Crippen molar-refractivity contribution in [3.8, 4) is 11.5 Å². The summed E-state index contributed by atoms with van der Waals surface area (Å²) in [5, 5.41) is 29.4. The Morgan fingerprint density at radius 1 is 1.27 bits per heavy atom. The lowest BCUT2D eigenvalue weighted by Crippen LogP contribution is -2.04. The van der Waals surface area contributed by atoms with E-state index in [-0.39, 0.29) is 41.0 Å². The molecule has 1 aliphatic rings. The summed E-state index contributed by atoms with van der Waals surface area (Å²) < 4.78 is 5.23. The van der Waals surface area contributed by atoms with E-state index in [2.05, 4.69) is 6.58 Å². The molecular weight excluding hydrogens is 332 g/mol. The van der Waals surface area contributed by atoms with Crippen molar-refractivity contribution in [2.24, 2.45) is 5.92 Å². The summed E-state index contributed by atoms with van der Waals surface area (Å²) in [6.07, 6.45) is 9.63. The van der Waals surface area contributed by atoms with Crippen LogP contribution in [0.25, 0.3) is 6.08 Å². The second kappa shape index (κ2) is 8.25. The number of allylic oxidation sites excluding steroid dienone is 7. The van der Waals surface area contributed by atoms with Gasteiger partial charge in [0.15, 0.2) is 11.5 Å². The van der Waals surface area contributed by atoms with Gasteiger partial charge in [0.25, 0.3) is 0 Å². The molecule has 26 heavy (non-hydrogen) atoms. The Hall–Kier alpha value is -3.21. The lowest BCUT2D eigenvalue weighted by molar-refractivity contribution is 0.104. The molecule has 0 fully saturated rings. The molecule has 0 saturated heterocycles. The summed E-state index contributed by atoms with van der Waals surface area (Å²) in [6.45, 7) is 5.59. The third-order valence-corrected chi connectivity index (χ3v) is 3.92. The Balaban J connectivity index is 2.27. The van der Waals surface area contributed by atoms with Crippen LogP contribution in [-0.2, 0) is 0 Å². The minimum Gasteiger partial charge on any atom is -0.508 e. The topological polar surface area (TPSA) is 87.0 Å². The van der Waals surface area contributed by atoms with Crippen LogP contribution in [0.1, 0.15) is 29.3 Å². The van der Waals surface area contributed by atoms with Gasteiger partial charge in [0.1, 0.15) is 17.3 Å². The molecule has 0 saturated carbocycles. The molecule has 3 N–H and O–H groups in total. The van der Waals surface area contributed by atoms with E-state index in [0.29, 0.717) is 11.3 Å². The number of carbonyl (C=O) groups is 1. The molecule has 0 heterocycles. The molecule has 1 aromatic rings. The first kappa shape index (κ1) is 19.1. The molecule has 1 atom stereocenters. The molecule has 1 aliphatic carbocycles. The van der Waals surface area contributed by atoms with Crippen molar-refractivity contribution in [3.05, 3.63) is 77.3 Å². The minimum absolute atomic E-state index is 0.117. The molecule has 5 nitrogen and oxygen atoms in total. The molecule has 0 radical (unpaired) electrons. The number of ketones is 1. The van der Waals surface area contributed by atoms with Crippen LogP contribution in [-0.4, -0.2) is 28.2 Å². The molecule has 0 amide bonds. The Morgan fingerprint density at radius 2 is 2.00 bits per heavy atom. The average Bonchev–Trinajstić information content (AvgIpc) is 2.60. The van der Waals surface area contributed by atoms with E-state index in [4.69, 9.17) is 4.74 Å². The maximum absolute atomic E-state index is 12.5. The third kappa shape index (κ3) is 4.45. The van der Waals surface area contributed by atoms with E-state index in [0.717, 1.165) is 5.57 Å². The number of aromatic hydroxyl groups is 1. The van der Waals surface area contributed by atoms with Crippen molar-refractivity contribution in [2.45, 2.75) is 13.3 Å². The molecule has 1 unspecified atom stereocenters. The molecule has 2 rings (SSSR count). The third-order valence-electron chi connectivity index (χ3n) is 3.92. The van der Waals surface area contributed by atoms with E-state index in [1.807, 2.05) is 6.92 Å². The highest BCUT2D eigenvalue weighted by molar-refractivity contribution is 6.07. The number of rotatable bonds is 6. The second-order valence-electron chi connectivity index (χ2n) is 6.04. The van der Waals surface area contributed by atoms with Gasteiger partial charge in [0.2, 0.25) is 0 Å². The van der Waals surface area contributed by atoms with Crippen LogP contribution in [0.5, 0.6) is 11.5 Å². The summed E-state index contributed by atoms with van der Waals surface area (Å²) >= 11 is 0. The average molecular weight is 354 g/mol. The second-order valence-corrected chi connectivity index (χ2v) is 6.04. The number of hydrogen-bond donors (Lipinski definition) is 3. The molecule has 0 aromatic heterocycles. The number of carbonyl (C=O) groups excluding carboxylic acids is 1. The van der Waals surface area contributed by atoms with E-state index in [1.54, 1.807) is 30.4 Å². The first-order valence-electron chi connectivity index (χ1n) is 8.08. The van der Waals surface area contributed by atoms with Gasteiger partial charge < -0.3 is 20.1 Å². The number of aliphatic hydroxyl groups is 2. The normalized spacial score (nSPS) is 17.2. The maximum Gasteiger partial charge on any atom is 0.189 e. The van der Waals surface area contributed by atoms with E-state index < -0.39 is 0 Å². The number of aliphatic hydroxyl groups excluding tert-OH is 2. The molecule has 0 bridgehead atoms. The van der Waals surface area contributed by atoms with Gasteiger partial charge in [0, 0.05) is 12.3 Å². The van der Waals surface area contributed by atoms with E-state index in [9.17, 15) is 20.1 Å². The van der Waals surface area contributed by atoms with Crippen molar-refractivity contribution in [1.29, 1.82) is 0 Å². The smallest absolute Gasteiger partial charge is 0.189 e. The number of benzene rings is 1. The van der Waals surface area contributed by atoms with Crippen LogP contribution >= 0.6 is 0 Å². The van der Waals surface area contributed by atoms with Gasteiger partial charge in [-0.05, 0) is 37.3 Å². The van der Waals surface area contributed by atoms with Gasteiger partial charge in [-0.15, -0.1) is 0 Å². The highest BCUT2D eigenvalue weighted by Crippen LogP contribution is 2.33. The zero-order chi connectivity index (χ0) is 19.3. The van der Waals surface area contributed by atoms with Crippen molar-refractivity contribution >= 4 is 11.9 Å². The van der Waals surface area contributed by atoms with Crippen LogP contribution < -0.4 is 4.74 Å². The molecule has 1 aromatic carbocycles. The van der Waals surface area contributed by atoms with E-state index >= 15 is 0 Å². The van der Waals surface area contributed by atoms with Gasteiger partial charge in [-0.1, -0.05) is 30.4 Å². The summed E-state index contributed by atoms with van der Waals surface area (Å²) in [5.41, 5.74) is 1.34. The Bertz CT molecular complexity index is 840. The van der Waals surface area contributed by atoms with Crippen LogP contribution in [0.4, 0.5) is 0 Å². The fourth-order valence-electron chi connectivity index (χ4n) is 2.49. The first-order chi connectivity index (χ1) is 12.3. The van der Waals surface area contributed by atoms with Crippen molar-refractivity contribution in [2.75, 3.05) is 7.11 Å². The molecular formula is C21H22O5. The molecule has 5 heteroatoms. The zero-order valence-electron chi connectivity index (χ0n) is 14.8. The zero-order valence-corrected chi connectivity index (χ0v) is 14.8. The monoisotopic (exact) mass is 354 g/mol. The van der Waals surface area contributed by atoms with Gasteiger partial charge in [-0.25, -0.2) is 0 Å². The Labute approximate surface area is 152 Å². The molecule has 0 spiro atoms. The van der Waals surface area contributed by atoms with Gasteiger partial charge >= 0.3 is 0 Å². The summed E-state index contributed by atoms with van der Waals surface area (Å²) in [4.78, 5) is 12.5. The first-order valence-corrected chi connectivity index (χ1v) is 8.08. The minimum atomic E-state index is -0.373. The highest BCUT2D eigenvalue weighted by atomic mass is 16.5. The van der Waals surface area contributed by atoms with Crippen LogP contribution in [0.3, 0.4) is 0 Å². The number of methoxy groups -OCH3 is 1. The predicted octanol–water partition coefficient (Wildman–Crippen LogP) is 4.63. The summed E-state index contributed by atoms with van der Waals surface area (Å²) in [5.74, 6) is -0.589. The van der Waals surface area contributed by atoms with E-state index in [1.165, 1.54) is 25.3 Å². The van der Waals surface area contributed by atoms with Crippen LogP contribution in [0.2, 0.25) is 0 Å². The Morgan fingerprint density at radius 3 is 2.62 bits per heavy atom. The van der Waals surface area contributed by atoms with Crippen molar-refractivity contribution in [3.63, 3.8) is 0 Å². The molecule has 136 valence electrons. The maximum atomic E-state index is 12.5. The lowest BCUT2D eigenvalue weighted by atomic mass is 9.96. The fraction of sp³-hybridized carbons (Fsp3) is 0.190. The fourth-order valence-corrected chi connectivity index (χ4v) is 2.49. The number of phenols is 1. The lowest BCUT2D eigenvalue weighted by Gasteiger charge is -2.13. The van der Waals surface area contributed by atoms with Gasteiger partial charge in [-0.2, -0.15) is 0 Å². The molecule has 0 aliphatic heterocycles.